The molecule has 0 unspecified atom stereocenters. The SMILES string of the molecule is CC[C@@H](O)c1ccc(Oc2ccccc2Br)cc1. The van der Waals surface area contributed by atoms with E-state index in [2.05, 4.69) is 15.9 Å². The highest BCUT2D eigenvalue weighted by Gasteiger charge is 2.05. The predicted molar refractivity (Wildman–Crippen MR) is 75.9 cm³/mol. The van der Waals surface area contributed by atoms with Gasteiger partial charge in [-0.25, -0.2) is 0 Å². The molecule has 2 aromatic rings. The fourth-order valence-corrected chi connectivity index (χ4v) is 2.01. The van der Waals surface area contributed by atoms with Gasteiger partial charge in [0.25, 0.3) is 0 Å². The number of halogens is 1. The van der Waals surface area contributed by atoms with Crippen molar-refractivity contribution in [3.8, 4) is 11.5 Å². The lowest BCUT2D eigenvalue weighted by molar-refractivity contribution is 0.173. The number of para-hydroxylation sites is 1. The Morgan fingerprint density at radius 2 is 1.78 bits per heavy atom. The largest absolute Gasteiger partial charge is 0.456 e. The Kier molecular flexibility index (Phi) is 4.39. The number of benzene rings is 2. The zero-order valence-corrected chi connectivity index (χ0v) is 11.7. The summed E-state index contributed by atoms with van der Waals surface area (Å²) in [6.07, 6.45) is 0.312. The molecule has 0 aromatic heterocycles. The Balaban J connectivity index is 2.14. The molecule has 18 heavy (non-hydrogen) atoms. The van der Waals surface area contributed by atoms with Crippen LogP contribution >= 0.6 is 15.9 Å². The van der Waals surface area contributed by atoms with Gasteiger partial charge in [-0.2, -0.15) is 0 Å². The highest BCUT2D eigenvalue weighted by molar-refractivity contribution is 9.10. The Morgan fingerprint density at radius 3 is 2.39 bits per heavy atom. The van der Waals surface area contributed by atoms with Gasteiger partial charge in [-0.1, -0.05) is 31.2 Å². The van der Waals surface area contributed by atoms with Gasteiger partial charge in [0.15, 0.2) is 0 Å². The minimum atomic E-state index is -0.400. The summed E-state index contributed by atoms with van der Waals surface area (Å²) in [5, 5.41) is 9.71. The molecule has 2 rings (SSSR count). The average molecular weight is 307 g/mol. The van der Waals surface area contributed by atoms with Crippen LogP contribution in [0.1, 0.15) is 25.0 Å². The van der Waals surface area contributed by atoms with Crippen molar-refractivity contribution in [2.75, 3.05) is 0 Å². The summed E-state index contributed by atoms with van der Waals surface area (Å²) in [4.78, 5) is 0. The van der Waals surface area contributed by atoms with Gasteiger partial charge >= 0.3 is 0 Å². The van der Waals surface area contributed by atoms with E-state index in [-0.39, 0.29) is 0 Å². The second kappa shape index (κ2) is 6.03. The van der Waals surface area contributed by atoms with Gasteiger partial charge in [0.1, 0.15) is 11.5 Å². The number of hydrogen-bond donors (Lipinski definition) is 1. The molecule has 1 N–H and O–H groups in total. The van der Waals surface area contributed by atoms with Crippen LogP contribution in [0.25, 0.3) is 0 Å². The zero-order valence-electron chi connectivity index (χ0n) is 10.1. The lowest BCUT2D eigenvalue weighted by Gasteiger charge is -2.10. The van der Waals surface area contributed by atoms with Crippen LogP contribution in [-0.4, -0.2) is 5.11 Å². The van der Waals surface area contributed by atoms with Crippen LogP contribution in [0.5, 0.6) is 11.5 Å². The van der Waals surface area contributed by atoms with E-state index in [9.17, 15) is 5.11 Å². The van der Waals surface area contributed by atoms with E-state index in [1.54, 1.807) is 0 Å². The molecular formula is C15H15BrO2. The normalized spacial score (nSPS) is 12.2. The predicted octanol–water partition coefficient (Wildman–Crippen LogP) is 4.68. The molecule has 1 atom stereocenters. The van der Waals surface area contributed by atoms with Crippen molar-refractivity contribution in [1.82, 2.24) is 0 Å². The van der Waals surface area contributed by atoms with Gasteiger partial charge < -0.3 is 9.84 Å². The summed E-state index contributed by atoms with van der Waals surface area (Å²) in [5.74, 6) is 1.54. The molecule has 0 heterocycles. The summed E-state index contributed by atoms with van der Waals surface area (Å²) in [7, 11) is 0. The van der Waals surface area contributed by atoms with Crippen molar-refractivity contribution in [3.05, 3.63) is 58.6 Å². The van der Waals surface area contributed by atoms with Crippen molar-refractivity contribution in [3.63, 3.8) is 0 Å². The van der Waals surface area contributed by atoms with Crippen molar-refractivity contribution in [2.45, 2.75) is 19.4 Å². The Morgan fingerprint density at radius 1 is 1.11 bits per heavy atom. The monoisotopic (exact) mass is 306 g/mol. The summed E-state index contributed by atoms with van der Waals surface area (Å²) in [5.41, 5.74) is 0.914. The first-order valence-electron chi connectivity index (χ1n) is 5.91. The third-order valence-corrected chi connectivity index (χ3v) is 3.37. The topological polar surface area (TPSA) is 29.5 Å². The van der Waals surface area contributed by atoms with Crippen molar-refractivity contribution >= 4 is 15.9 Å². The third-order valence-electron chi connectivity index (χ3n) is 2.72. The third kappa shape index (κ3) is 3.12. The average Bonchev–Trinajstić information content (AvgIpc) is 2.41. The van der Waals surface area contributed by atoms with Crippen LogP contribution in [0.2, 0.25) is 0 Å². The first-order chi connectivity index (χ1) is 8.70. The van der Waals surface area contributed by atoms with E-state index in [4.69, 9.17) is 4.74 Å². The van der Waals surface area contributed by atoms with Crippen molar-refractivity contribution < 1.29 is 9.84 Å². The quantitative estimate of drug-likeness (QED) is 0.888. The van der Waals surface area contributed by atoms with E-state index in [0.717, 1.165) is 21.5 Å². The van der Waals surface area contributed by atoms with Gasteiger partial charge in [-0.15, -0.1) is 0 Å². The molecule has 3 heteroatoms. The van der Waals surface area contributed by atoms with Crippen LogP contribution in [0.15, 0.2) is 53.0 Å². The summed E-state index contributed by atoms with van der Waals surface area (Å²) >= 11 is 3.44. The van der Waals surface area contributed by atoms with Crippen molar-refractivity contribution in [1.29, 1.82) is 0 Å². The Labute approximate surface area is 115 Å². The fourth-order valence-electron chi connectivity index (χ4n) is 1.65. The fraction of sp³-hybridized carbons (Fsp3) is 0.200. The van der Waals surface area contributed by atoms with Crippen molar-refractivity contribution in [2.24, 2.45) is 0 Å². The molecule has 0 saturated heterocycles. The van der Waals surface area contributed by atoms with E-state index >= 15 is 0 Å². The molecule has 0 amide bonds. The van der Waals surface area contributed by atoms with Crippen LogP contribution in [0.3, 0.4) is 0 Å². The lowest BCUT2D eigenvalue weighted by Crippen LogP contribution is -1.94. The van der Waals surface area contributed by atoms with Crippen LogP contribution < -0.4 is 4.74 Å². The zero-order chi connectivity index (χ0) is 13.0. The molecule has 0 aliphatic rings. The molecule has 2 nitrogen and oxygen atoms in total. The molecule has 0 aliphatic carbocycles. The molecule has 0 saturated carbocycles. The first-order valence-corrected chi connectivity index (χ1v) is 6.70. The smallest absolute Gasteiger partial charge is 0.141 e. The van der Waals surface area contributed by atoms with Crippen LogP contribution in [-0.2, 0) is 0 Å². The summed E-state index contributed by atoms with van der Waals surface area (Å²) in [6.45, 7) is 1.95. The van der Waals surface area contributed by atoms with E-state index in [0.29, 0.717) is 6.42 Å². The maximum absolute atomic E-state index is 9.71. The Hall–Kier alpha value is -1.32. The molecule has 94 valence electrons. The van der Waals surface area contributed by atoms with Crippen LogP contribution in [0, 0.1) is 0 Å². The molecule has 0 bridgehead atoms. The van der Waals surface area contributed by atoms with Gasteiger partial charge in [-0.3, -0.25) is 0 Å². The lowest BCUT2D eigenvalue weighted by atomic mass is 10.1. The molecule has 0 fully saturated rings. The first kappa shape index (κ1) is 13.1. The summed E-state index contributed by atoms with van der Waals surface area (Å²) < 4.78 is 6.67. The summed E-state index contributed by atoms with van der Waals surface area (Å²) in [6, 6.07) is 15.2. The maximum Gasteiger partial charge on any atom is 0.141 e. The highest BCUT2D eigenvalue weighted by atomic mass is 79.9. The second-order valence-corrected chi connectivity index (χ2v) is 4.88. The number of ether oxygens (including phenoxy) is 1. The number of aliphatic hydroxyl groups excluding tert-OH is 1. The molecular weight excluding hydrogens is 292 g/mol. The van der Waals surface area contributed by atoms with Gasteiger partial charge in [0.05, 0.1) is 10.6 Å². The van der Waals surface area contributed by atoms with E-state index < -0.39 is 6.10 Å². The Bertz CT molecular complexity index is 508. The minimum absolute atomic E-state index is 0.400. The van der Waals surface area contributed by atoms with Gasteiger partial charge in [0, 0.05) is 0 Å². The number of hydrogen-bond acceptors (Lipinski definition) is 2. The minimum Gasteiger partial charge on any atom is -0.456 e. The molecule has 0 aliphatic heterocycles. The van der Waals surface area contributed by atoms with E-state index in [1.165, 1.54) is 0 Å². The highest BCUT2D eigenvalue weighted by Crippen LogP contribution is 2.29. The number of rotatable bonds is 4. The molecule has 0 spiro atoms. The maximum atomic E-state index is 9.71. The van der Waals surface area contributed by atoms with Gasteiger partial charge in [-0.05, 0) is 52.2 Å². The molecule has 0 radical (unpaired) electrons. The van der Waals surface area contributed by atoms with Crippen LogP contribution in [0.4, 0.5) is 0 Å². The second-order valence-electron chi connectivity index (χ2n) is 4.03. The van der Waals surface area contributed by atoms with E-state index in [1.807, 2.05) is 55.5 Å². The standard InChI is InChI=1S/C15H15BrO2/c1-2-14(17)11-7-9-12(10-8-11)18-15-6-4-3-5-13(15)16/h3-10,14,17H,2H2,1H3/t14-/m1/s1. The number of aliphatic hydroxyl groups is 1. The van der Waals surface area contributed by atoms with Gasteiger partial charge in [0.2, 0.25) is 0 Å². The molecule has 2 aromatic carbocycles.